The molecule has 3 rings (SSSR count). The van der Waals surface area contributed by atoms with Gasteiger partial charge in [0.15, 0.2) is 0 Å². The van der Waals surface area contributed by atoms with Gasteiger partial charge in [-0.25, -0.2) is 5.43 Å². The quantitative estimate of drug-likeness (QED) is 0.514. The van der Waals surface area contributed by atoms with E-state index in [1.54, 1.807) is 24.3 Å². The Morgan fingerprint density at radius 2 is 2.05 bits per heavy atom. The van der Waals surface area contributed by atoms with Crippen LogP contribution in [0.2, 0.25) is 0 Å². The van der Waals surface area contributed by atoms with Crippen molar-refractivity contribution in [3.8, 4) is 0 Å². The van der Waals surface area contributed by atoms with Gasteiger partial charge in [-0.2, -0.15) is 5.10 Å². The first-order valence-corrected chi connectivity index (χ1v) is 6.92. The number of rotatable bonds is 4. The largest absolute Gasteiger partial charge is 0.460 e. The van der Waals surface area contributed by atoms with Crippen molar-refractivity contribution in [2.45, 2.75) is 19.3 Å². The Labute approximate surface area is 122 Å². The van der Waals surface area contributed by atoms with Crippen LogP contribution in [0.1, 0.15) is 41.1 Å². The number of carbonyl (C=O) groups is 1. The third-order valence-electron chi connectivity index (χ3n) is 3.65. The number of carbonyl (C=O) groups excluding carboxylic acids is 1. The molecule has 108 valence electrons. The van der Waals surface area contributed by atoms with Gasteiger partial charge in [0.2, 0.25) is 0 Å². The normalized spacial score (nSPS) is 20.6. The van der Waals surface area contributed by atoms with Crippen LogP contribution in [0.15, 0.2) is 45.9 Å². The van der Waals surface area contributed by atoms with Gasteiger partial charge in [0.25, 0.3) is 5.91 Å². The van der Waals surface area contributed by atoms with Crippen molar-refractivity contribution < 1.29 is 9.21 Å². The number of amides is 1. The highest BCUT2D eigenvalue weighted by Crippen LogP contribution is 2.47. The molecular formula is C16H17N3O2. The van der Waals surface area contributed by atoms with Crippen molar-refractivity contribution in [3.05, 3.63) is 53.5 Å². The number of hydrogen-bond acceptors (Lipinski definition) is 4. The molecule has 0 spiro atoms. The zero-order valence-electron chi connectivity index (χ0n) is 11.7. The molecule has 2 atom stereocenters. The lowest BCUT2D eigenvalue weighted by atomic mass is 10.2. The summed E-state index contributed by atoms with van der Waals surface area (Å²) in [4.78, 5) is 11.8. The Kier molecular flexibility index (Phi) is 3.48. The molecule has 3 N–H and O–H groups in total. The smallest absolute Gasteiger partial charge is 0.271 e. The molecule has 5 heteroatoms. The first kappa shape index (κ1) is 13.4. The van der Waals surface area contributed by atoms with E-state index in [-0.39, 0.29) is 5.91 Å². The van der Waals surface area contributed by atoms with E-state index in [4.69, 9.17) is 10.2 Å². The fourth-order valence-corrected chi connectivity index (χ4v) is 2.21. The third kappa shape index (κ3) is 3.13. The number of nitrogens with zero attached hydrogens (tertiary/aromatic N) is 1. The molecule has 0 bridgehead atoms. The van der Waals surface area contributed by atoms with Gasteiger partial charge in [0.1, 0.15) is 11.5 Å². The Morgan fingerprint density at radius 3 is 2.71 bits per heavy atom. The number of anilines is 1. The van der Waals surface area contributed by atoms with Gasteiger partial charge in [0.05, 0.1) is 6.21 Å². The van der Waals surface area contributed by atoms with Gasteiger partial charge in [-0.1, -0.05) is 6.92 Å². The van der Waals surface area contributed by atoms with Crippen LogP contribution in [0.25, 0.3) is 0 Å². The van der Waals surface area contributed by atoms with Crippen LogP contribution in [0, 0.1) is 5.92 Å². The van der Waals surface area contributed by atoms with E-state index < -0.39 is 0 Å². The summed E-state index contributed by atoms with van der Waals surface area (Å²) in [5.74, 6) is 2.59. The highest BCUT2D eigenvalue weighted by molar-refractivity contribution is 5.94. The highest BCUT2D eigenvalue weighted by Gasteiger charge is 2.36. The molecule has 0 unspecified atom stereocenters. The first-order valence-electron chi connectivity index (χ1n) is 6.92. The van der Waals surface area contributed by atoms with Gasteiger partial charge in [-0.05, 0) is 48.7 Å². The second-order valence-electron chi connectivity index (χ2n) is 5.38. The minimum atomic E-state index is -0.283. The van der Waals surface area contributed by atoms with Crippen LogP contribution in [0.4, 0.5) is 5.69 Å². The molecule has 1 fully saturated rings. The number of furan rings is 1. The molecule has 1 aliphatic carbocycles. The summed E-state index contributed by atoms with van der Waals surface area (Å²) in [6.07, 6.45) is 2.68. The molecule has 1 amide bonds. The summed E-state index contributed by atoms with van der Waals surface area (Å²) in [7, 11) is 0. The highest BCUT2D eigenvalue weighted by atomic mass is 16.3. The van der Waals surface area contributed by atoms with E-state index >= 15 is 0 Å². The Morgan fingerprint density at radius 1 is 1.33 bits per heavy atom. The number of nitrogen functional groups attached to an aromatic ring is 1. The molecule has 0 saturated heterocycles. The standard InChI is InChI=1S/C16H17N3O2/c1-10-8-14(10)15-7-6-13(21-15)9-18-19-16(20)11-2-4-12(17)5-3-11/h2-7,9-10,14H,8,17H2,1H3,(H,19,20)/b18-9-/t10-,14-/m1/s1. The van der Waals surface area contributed by atoms with Crippen LogP contribution < -0.4 is 11.2 Å². The van der Waals surface area contributed by atoms with Gasteiger partial charge in [-0.3, -0.25) is 4.79 Å². The van der Waals surface area contributed by atoms with E-state index in [2.05, 4.69) is 17.5 Å². The summed E-state index contributed by atoms with van der Waals surface area (Å²) >= 11 is 0. The summed E-state index contributed by atoms with van der Waals surface area (Å²) in [5.41, 5.74) is 9.16. The van der Waals surface area contributed by atoms with E-state index in [1.165, 1.54) is 12.6 Å². The number of nitrogens with two attached hydrogens (primary N) is 1. The lowest BCUT2D eigenvalue weighted by molar-refractivity contribution is 0.0955. The van der Waals surface area contributed by atoms with E-state index in [0.29, 0.717) is 28.8 Å². The fourth-order valence-electron chi connectivity index (χ4n) is 2.21. The first-order chi connectivity index (χ1) is 10.1. The maximum absolute atomic E-state index is 11.8. The molecule has 0 aliphatic heterocycles. The van der Waals surface area contributed by atoms with Crippen LogP contribution >= 0.6 is 0 Å². The summed E-state index contributed by atoms with van der Waals surface area (Å²) < 4.78 is 5.66. The molecular weight excluding hydrogens is 266 g/mol. The topological polar surface area (TPSA) is 80.6 Å². The SMILES string of the molecule is C[C@@H]1C[C@H]1c1ccc(/C=N\NC(=O)c2ccc(N)cc2)o1. The van der Waals surface area contributed by atoms with Crippen LogP contribution in [-0.2, 0) is 0 Å². The zero-order valence-corrected chi connectivity index (χ0v) is 11.7. The van der Waals surface area contributed by atoms with Crippen molar-refractivity contribution in [2.75, 3.05) is 5.73 Å². The van der Waals surface area contributed by atoms with E-state index in [1.807, 2.05) is 12.1 Å². The van der Waals surface area contributed by atoms with Crippen molar-refractivity contribution >= 4 is 17.8 Å². The molecule has 0 radical (unpaired) electrons. The predicted octanol–water partition coefficient (Wildman–Crippen LogP) is 2.75. The number of benzene rings is 1. The van der Waals surface area contributed by atoms with E-state index in [0.717, 1.165) is 5.76 Å². The molecule has 1 aromatic heterocycles. The van der Waals surface area contributed by atoms with E-state index in [9.17, 15) is 4.79 Å². The Hall–Kier alpha value is -2.56. The summed E-state index contributed by atoms with van der Waals surface area (Å²) in [6.45, 7) is 2.20. The zero-order chi connectivity index (χ0) is 14.8. The monoisotopic (exact) mass is 283 g/mol. The lowest BCUT2D eigenvalue weighted by Gasteiger charge is -1.99. The maximum atomic E-state index is 11.8. The Balaban J connectivity index is 1.57. The molecule has 1 heterocycles. The van der Waals surface area contributed by atoms with Crippen LogP contribution in [0.3, 0.4) is 0 Å². The predicted molar refractivity (Wildman–Crippen MR) is 81.1 cm³/mol. The van der Waals surface area contributed by atoms with Crippen LogP contribution in [0.5, 0.6) is 0 Å². The minimum absolute atomic E-state index is 0.283. The molecule has 21 heavy (non-hydrogen) atoms. The van der Waals surface area contributed by atoms with Crippen molar-refractivity contribution in [1.29, 1.82) is 0 Å². The third-order valence-corrected chi connectivity index (χ3v) is 3.65. The Bertz CT molecular complexity index is 673. The second-order valence-corrected chi connectivity index (χ2v) is 5.38. The van der Waals surface area contributed by atoms with Crippen LogP contribution in [-0.4, -0.2) is 12.1 Å². The van der Waals surface area contributed by atoms with Gasteiger partial charge >= 0.3 is 0 Å². The number of hydrogen-bond donors (Lipinski definition) is 2. The minimum Gasteiger partial charge on any atom is -0.460 e. The number of nitrogens with one attached hydrogen (secondary N) is 1. The molecule has 5 nitrogen and oxygen atoms in total. The van der Waals surface area contributed by atoms with Gasteiger partial charge < -0.3 is 10.2 Å². The average Bonchev–Trinajstić information content (AvgIpc) is 3.01. The fraction of sp³-hybridized carbons (Fsp3) is 0.250. The molecule has 1 saturated carbocycles. The second kappa shape index (κ2) is 5.44. The van der Waals surface area contributed by atoms with Crippen molar-refractivity contribution in [3.63, 3.8) is 0 Å². The molecule has 1 aliphatic rings. The summed E-state index contributed by atoms with van der Waals surface area (Å²) in [6, 6.07) is 10.5. The maximum Gasteiger partial charge on any atom is 0.271 e. The van der Waals surface area contributed by atoms with Crippen molar-refractivity contribution in [2.24, 2.45) is 11.0 Å². The van der Waals surface area contributed by atoms with Crippen molar-refractivity contribution in [1.82, 2.24) is 5.43 Å². The average molecular weight is 283 g/mol. The summed E-state index contributed by atoms with van der Waals surface area (Å²) in [5, 5.41) is 3.90. The molecule has 1 aromatic carbocycles. The van der Waals surface area contributed by atoms with Gasteiger partial charge in [0, 0.05) is 17.2 Å². The number of hydrazone groups is 1. The lowest BCUT2D eigenvalue weighted by Crippen LogP contribution is -2.17. The van der Waals surface area contributed by atoms with Gasteiger partial charge in [-0.15, -0.1) is 0 Å². The molecule has 2 aromatic rings.